The zero-order valence-electron chi connectivity index (χ0n) is 9.44. The topological polar surface area (TPSA) is 128 Å². The van der Waals surface area contributed by atoms with E-state index in [1.807, 2.05) is 0 Å². The van der Waals surface area contributed by atoms with E-state index in [0.29, 0.717) is 19.4 Å². The van der Waals surface area contributed by atoms with Gasteiger partial charge in [0.25, 0.3) is 0 Å². The molecule has 0 saturated heterocycles. The fourth-order valence-electron chi connectivity index (χ4n) is 0.643. The van der Waals surface area contributed by atoms with Gasteiger partial charge in [0.05, 0.1) is 0 Å². The fourth-order valence-corrected chi connectivity index (χ4v) is 0.643. The number of hydrogen-bond donors (Lipinski definition) is 4. The molecule has 7 heteroatoms. The van der Waals surface area contributed by atoms with Crippen LogP contribution in [0.4, 0.5) is 0 Å². The number of carbonyl (C=O) groups is 1. The zero-order chi connectivity index (χ0) is 9.56. The van der Waals surface area contributed by atoms with Gasteiger partial charge in [0.2, 0.25) is 0 Å². The summed E-state index contributed by atoms with van der Waals surface area (Å²) in [6.07, 6.45) is 0.956. The maximum Gasteiger partial charge on any atom is 2.00 e. The summed E-state index contributed by atoms with van der Waals surface area (Å²) < 4.78 is 0. The van der Waals surface area contributed by atoms with Gasteiger partial charge in [0.15, 0.2) is 5.96 Å². The number of aliphatic imine (C=N–C) groups is 1. The Kier molecular flexibility index (Phi) is 9.30. The van der Waals surface area contributed by atoms with Crippen LogP contribution >= 0.6 is 0 Å². The third-order valence-electron chi connectivity index (χ3n) is 1.28. The molecule has 0 rings (SSSR count). The second-order valence-electron chi connectivity index (χ2n) is 2.39. The molecular formula is C6H16MgN4O2. The van der Waals surface area contributed by atoms with Crippen LogP contribution in [0.2, 0.25) is 0 Å². The molecule has 7 N–H and O–H groups in total. The Bertz CT molecular complexity index is 190. The zero-order valence-corrected chi connectivity index (χ0v) is 8.85. The van der Waals surface area contributed by atoms with Gasteiger partial charge in [-0.3, -0.25) is 9.79 Å². The van der Waals surface area contributed by atoms with Crippen LogP contribution in [0.5, 0.6) is 0 Å². The molecule has 0 aliphatic rings. The molecule has 1 atom stereocenters. The van der Waals surface area contributed by atoms with Crippen LogP contribution in [0.1, 0.15) is 15.7 Å². The number of hydrogen-bond acceptors (Lipinski definition) is 3. The van der Waals surface area contributed by atoms with Crippen LogP contribution in [0.25, 0.3) is 0 Å². The maximum atomic E-state index is 10.2. The minimum absolute atomic E-state index is 0. The number of guanidine groups is 1. The molecule has 6 nitrogen and oxygen atoms in total. The van der Waals surface area contributed by atoms with E-state index in [1.54, 1.807) is 0 Å². The Balaban J connectivity index is -0.000000202. The van der Waals surface area contributed by atoms with Crippen LogP contribution in [0.3, 0.4) is 0 Å². The second-order valence-corrected chi connectivity index (χ2v) is 2.39. The van der Waals surface area contributed by atoms with Gasteiger partial charge < -0.3 is 25.2 Å². The molecule has 0 bridgehead atoms. The van der Waals surface area contributed by atoms with E-state index in [1.165, 1.54) is 0 Å². The molecule has 0 radical (unpaired) electrons. The summed E-state index contributed by atoms with van der Waals surface area (Å²) in [5.74, 6) is -0.987. The molecule has 0 aliphatic heterocycles. The number of carboxylic acid groups (broad SMARTS) is 1. The van der Waals surface area contributed by atoms with E-state index >= 15 is 0 Å². The van der Waals surface area contributed by atoms with Crippen molar-refractivity contribution in [2.45, 2.75) is 18.9 Å². The molecule has 13 heavy (non-hydrogen) atoms. The van der Waals surface area contributed by atoms with Crippen molar-refractivity contribution in [1.29, 1.82) is 0 Å². The first-order valence-corrected chi connectivity index (χ1v) is 3.58. The van der Waals surface area contributed by atoms with Gasteiger partial charge in [-0.1, -0.05) is 0 Å². The number of nitrogens with two attached hydrogens (primary N) is 3. The molecule has 0 fully saturated rings. The van der Waals surface area contributed by atoms with Crippen molar-refractivity contribution in [1.82, 2.24) is 0 Å². The normalized spacial score (nSPS) is 11.2. The molecule has 0 aromatic carbocycles. The van der Waals surface area contributed by atoms with Gasteiger partial charge >= 0.3 is 29.0 Å². The Morgan fingerprint density at radius 2 is 2.08 bits per heavy atom. The van der Waals surface area contributed by atoms with E-state index < -0.39 is 12.0 Å². The Hall–Kier alpha value is -0.534. The monoisotopic (exact) mass is 200 g/mol. The SMILES string of the molecule is NC(N)=NCCC[C@H](N)C(=O)O.[H-].[H-].[Mg+2]. The van der Waals surface area contributed by atoms with Gasteiger partial charge in [-0.2, -0.15) is 0 Å². The van der Waals surface area contributed by atoms with E-state index in [-0.39, 0.29) is 31.9 Å². The second kappa shape index (κ2) is 8.08. The number of carboxylic acids is 1. The van der Waals surface area contributed by atoms with Crippen molar-refractivity contribution in [3.8, 4) is 0 Å². The van der Waals surface area contributed by atoms with Crippen molar-refractivity contribution in [3.63, 3.8) is 0 Å². The van der Waals surface area contributed by atoms with Crippen molar-refractivity contribution < 1.29 is 12.8 Å². The van der Waals surface area contributed by atoms with E-state index in [2.05, 4.69) is 4.99 Å². The van der Waals surface area contributed by atoms with Crippen molar-refractivity contribution in [2.75, 3.05) is 6.54 Å². The van der Waals surface area contributed by atoms with Crippen LogP contribution in [-0.2, 0) is 4.79 Å². The Labute approximate surface area is 95.7 Å². The van der Waals surface area contributed by atoms with Crippen LogP contribution in [-0.4, -0.2) is 52.7 Å². The summed E-state index contributed by atoms with van der Waals surface area (Å²) in [5, 5.41) is 8.38. The van der Waals surface area contributed by atoms with Crippen molar-refractivity contribution in [3.05, 3.63) is 0 Å². The quantitative estimate of drug-likeness (QED) is 0.182. The minimum atomic E-state index is -1.00. The maximum absolute atomic E-state index is 10.2. The van der Waals surface area contributed by atoms with E-state index in [0.717, 1.165) is 0 Å². The van der Waals surface area contributed by atoms with Crippen LogP contribution < -0.4 is 17.2 Å². The Morgan fingerprint density at radius 1 is 1.54 bits per heavy atom. The molecule has 0 aliphatic carbocycles. The first-order chi connectivity index (χ1) is 5.54. The van der Waals surface area contributed by atoms with Crippen molar-refractivity contribution in [2.24, 2.45) is 22.2 Å². The summed E-state index contributed by atoms with van der Waals surface area (Å²) >= 11 is 0. The fraction of sp³-hybridized carbons (Fsp3) is 0.667. The molecule has 0 spiro atoms. The molecule has 0 unspecified atom stereocenters. The molecule has 0 aromatic heterocycles. The van der Waals surface area contributed by atoms with Crippen LogP contribution in [0.15, 0.2) is 4.99 Å². The predicted octanol–water partition coefficient (Wildman–Crippen LogP) is -1.70. The van der Waals surface area contributed by atoms with Gasteiger partial charge in [0.1, 0.15) is 6.04 Å². The van der Waals surface area contributed by atoms with Gasteiger partial charge in [-0.25, -0.2) is 0 Å². The predicted molar refractivity (Wildman–Crippen MR) is 53.5 cm³/mol. The molecular weight excluding hydrogens is 184 g/mol. The van der Waals surface area contributed by atoms with Crippen LogP contribution in [0, 0.1) is 0 Å². The summed E-state index contributed by atoms with van der Waals surface area (Å²) in [6.45, 7) is 0.420. The average molecular weight is 201 g/mol. The summed E-state index contributed by atoms with van der Waals surface area (Å²) in [4.78, 5) is 13.9. The molecule has 0 heterocycles. The summed E-state index contributed by atoms with van der Waals surface area (Å²) in [5.41, 5.74) is 15.3. The average Bonchev–Trinajstić information content (AvgIpc) is 1.97. The van der Waals surface area contributed by atoms with E-state index in [9.17, 15) is 4.79 Å². The number of aliphatic carboxylic acids is 1. The molecule has 0 saturated carbocycles. The molecule has 74 valence electrons. The van der Waals surface area contributed by atoms with E-state index in [4.69, 9.17) is 22.3 Å². The minimum Gasteiger partial charge on any atom is -1.00 e. The standard InChI is InChI=1S/C6H14N4O2.Mg.2H/c7-4(5(11)12)2-1-3-10-6(8)9;;;/h4H,1-3,7H2,(H,11,12)(H4,8,9,10);;;/q;+2;2*-1/t4-;;;/m0.../s1. The smallest absolute Gasteiger partial charge is 1.00 e. The van der Waals surface area contributed by atoms with Crippen molar-refractivity contribution >= 4 is 35.0 Å². The largest absolute Gasteiger partial charge is 2.00 e. The third kappa shape index (κ3) is 9.38. The molecule has 0 amide bonds. The van der Waals surface area contributed by atoms with Gasteiger partial charge in [-0.15, -0.1) is 0 Å². The number of nitrogens with zero attached hydrogens (tertiary/aromatic N) is 1. The first-order valence-electron chi connectivity index (χ1n) is 3.58. The molecule has 0 aromatic rings. The summed E-state index contributed by atoms with van der Waals surface area (Å²) in [6, 6.07) is -0.820. The Morgan fingerprint density at radius 3 is 2.46 bits per heavy atom. The summed E-state index contributed by atoms with van der Waals surface area (Å²) in [7, 11) is 0. The van der Waals surface area contributed by atoms with Gasteiger partial charge in [0, 0.05) is 6.54 Å². The third-order valence-corrected chi connectivity index (χ3v) is 1.28. The number of rotatable bonds is 5. The van der Waals surface area contributed by atoms with Gasteiger partial charge in [-0.05, 0) is 12.8 Å². The first kappa shape index (κ1) is 15.0.